The van der Waals surface area contributed by atoms with E-state index in [2.05, 4.69) is 131 Å². The summed E-state index contributed by atoms with van der Waals surface area (Å²) < 4.78 is 0. The molecule has 0 unspecified atom stereocenters. The van der Waals surface area contributed by atoms with Gasteiger partial charge in [-0.05, 0) is 142 Å². The van der Waals surface area contributed by atoms with E-state index in [1.807, 2.05) is 49.4 Å². The molecule has 6 heterocycles. The standard InChI is InChI=1S/C24H28N6O.C23H30N6O/c1-23(2)12-16(13-24(3,4)29-23)30(5)22-7-6-19(27-28-22)18-10-15-8-9-26-20(14-25)17(15)11-21(18)31;1-14-24-13-15-9-17(20(30)10-19(15)25-14)18-7-8-21(27-26-18)29(6)16-11-22(2,3)28-23(4,5)12-16/h6-11,16,29,31H,12-13H2,1-5H3;7-10,13,16,28,30H,11-12H2,1-6H3. The van der Waals surface area contributed by atoms with Gasteiger partial charge in [0.25, 0.3) is 0 Å². The van der Waals surface area contributed by atoms with E-state index >= 15 is 0 Å². The number of hydrogen-bond acceptors (Lipinski definition) is 14. The van der Waals surface area contributed by atoms with Crippen LogP contribution in [0.5, 0.6) is 11.5 Å². The average Bonchev–Trinajstić information content (AvgIpc) is 3.17. The second-order valence-corrected chi connectivity index (χ2v) is 19.4. The number of nitriles is 1. The van der Waals surface area contributed by atoms with Crippen LogP contribution >= 0.6 is 0 Å². The molecule has 2 aliphatic heterocycles. The lowest BCUT2D eigenvalue weighted by Gasteiger charge is -2.49. The minimum atomic E-state index is 0.0437. The summed E-state index contributed by atoms with van der Waals surface area (Å²) in [6, 6.07) is 19.2. The summed E-state index contributed by atoms with van der Waals surface area (Å²) >= 11 is 0. The highest BCUT2D eigenvalue weighted by Gasteiger charge is 2.41. The fraction of sp³-hybridized carbons (Fsp3) is 0.447. The molecule has 0 spiro atoms. The molecular weight excluding hydrogens is 765 g/mol. The molecule has 14 nitrogen and oxygen atoms in total. The van der Waals surface area contributed by atoms with Gasteiger partial charge in [0.05, 0.1) is 16.9 Å². The summed E-state index contributed by atoms with van der Waals surface area (Å²) in [7, 11) is 4.15. The Morgan fingerprint density at radius 2 is 1.11 bits per heavy atom. The molecular formula is C47H58N12O2. The maximum atomic E-state index is 10.6. The monoisotopic (exact) mass is 822 g/mol. The van der Waals surface area contributed by atoms with Gasteiger partial charge in [0.15, 0.2) is 11.6 Å². The first-order chi connectivity index (χ1) is 28.6. The fourth-order valence-electron chi connectivity index (χ4n) is 9.64. The van der Waals surface area contributed by atoms with Crippen LogP contribution in [0.2, 0.25) is 0 Å². The van der Waals surface area contributed by atoms with Crippen LogP contribution < -0.4 is 20.4 Å². The lowest BCUT2D eigenvalue weighted by atomic mass is 9.79. The van der Waals surface area contributed by atoms with Crippen molar-refractivity contribution in [1.82, 2.24) is 46.0 Å². The van der Waals surface area contributed by atoms with Gasteiger partial charge in [-0.25, -0.2) is 15.0 Å². The minimum absolute atomic E-state index is 0.0437. The molecule has 0 radical (unpaired) electrons. The molecule has 6 aromatic rings. The van der Waals surface area contributed by atoms with Crippen molar-refractivity contribution in [1.29, 1.82) is 5.26 Å². The highest BCUT2D eigenvalue weighted by molar-refractivity contribution is 5.92. The molecule has 8 rings (SSSR count). The lowest BCUT2D eigenvalue weighted by molar-refractivity contribution is 0.160. The molecule has 0 saturated carbocycles. The molecule has 61 heavy (non-hydrogen) atoms. The first-order valence-electron chi connectivity index (χ1n) is 20.8. The lowest BCUT2D eigenvalue weighted by Crippen LogP contribution is -2.62. The first-order valence-corrected chi connectivity index (χ1v) is 20.8. The van der Waals surface area contributed by atoms with Crippen molar-refractivity contribution in [2.24, 2.45) is 0 Å². The third-order valence-corrected chi connectivity index (χ3v) is 11.8. The van der Waals surface area contributed by atoms with E-state index in [1.165, 1.54) is 0 Å². The second-order valence-electron chi connectivity index (χ2n) is 19.4. The molecule has 4 aromatic heterocycles. The molecule has 0 bridgehead atoms. The Kier molecular flexibility index (Phi) is 11.4. The Balaban J connectivity index is 0.000000184. The number of nitrogens with one attached hydrogen (secondary N) is 2. The number of phenols is 2. The Morgan fingerprint density at radius 3 is 1.57 bits per heavy atom. The van der Waals surface area contributed by atoms with Crippen molar-refractivity contribution in [3.05, 3.63) is 78.5 Å². The average molecular weight is 823 g/mol. The number of rotatable bonds is 6. The van der Waals surface area contributed by atoms with Crippen LogP contribution in [-0.2, 0) is 0 Å². The highest BCUT2D eigenvalue weighted by Crippen LogP contribution is 2.37. The highest BCUT2D eigenvalue weighted by atomic mass is 16.3. The molecule has 0 atom stereocenters. The van der Waals surface area contributed by atoms with Crippen LogP contribution in [0.1, 0.15) is 92.6 Å². The zero-order valence-corrected chi connectivity index (χ0v) is 37.2. The third kappa shape index (κ3) is 9.64. The van der Waals surface area contributed by atoms with Gasteiger partial charge >= 0.3 is 0 Å². The number of aromatic hydroxyl groups is 2. The largest absolute Gasteiger partial charge is 0.507 e. The molecule has 2 aliphatic rings. The molecule has 4 N–H and O–H groups in total. The number of phenolic OH excluding ortho intramolecular Hbond substituents is 2. The van der Waals surface area contributed by atoms with E-state index in [4.69, 9.17) is 0 Å². The van der Waals surface area contributed by atoms with Gasteiger partial charge in [-0.15, -0.1) is 20.4 Å². The van der Waals surface area contributed by atoms with Gasteiger partial charge < -0.3 is 30.6 Å². The first kappa shape index (κ1) is 43.1. The molecule has 0 aliphatic carbocycles. The zero-order valence-electron chi connectivity index (χ0n) is 37.2. The van der Waals surface area contributed by atoms with Crippen LogP contribution in [0.15, 0.2) is 67.0 Å². The van der Waals surface area contributed by atoms with Gasteiger partial charge in [-0.2, -0.15) is 5.26 Å². The predicted molar refractivity (Wildman–Crippen MR) is 242 cm³/mol. The van der Waals surface area contributed by atoms with Gasteiger partial charge in [0.2, 0.25) is 0 Å². The Morgan fingerprint density at radius 1 is 0.639 bits per heavy atom. The van der Waals surface area contributed by atoms with Crippen molar-refractivity contribution >= 4 is 33.3 Å². The summed E-state index contributed by atoms with van der Waals surface area (Å²) in [5, 5.41) is 57.8. The SMILES string of the molecule is CN(c1ccc(-c2cc3ccnc(C#N)c3cc2O)nn1)C1CC(C)(C)NC(C)(C)C1.Cc1ncc2cc(-c3ccc(N(C)C4CC(C)(C)NC(C)(C)C4)nn3)c(O)cc2n1. The smallest absolute Gasteiger partial charge is 0.151 e. The predicted octanol–water partition coefficient (Wildman–Crippen LogP) is 7.86. The second kappa shape index (κ2) is 16.1. The number of aromatic nitrogens is 7. The van der Waals surface area contributed by atoms with E-state index in [-0.39, 0.29) is 39.3 Å². The quantitative estimate of drug-likeness (QED) is 0.127. The Hall–Kier alpha value is -6.04. The molecule has 2 fully saturated rings. The van der Waals surface area contributed by atoms with Crippen molar-refractivity contribution in [3.8, 4) is 40.1 Å². The molecule has 318 valence electrons. The van der Waals surface area contributed by atoms with Gasteiger partial charge in [-0.1, -0.05) is 0 Å². The minimum Gasteiger partial charge on any atom is -0.507 e. The van der Waals surface area contributed by atoms with Crippen molar-refractivity contribution in [3.63, 3.8) is 0 Å². The number of anilines is 2. The van der Waals surface area contributed by atoms with Crippen LogP contribution in [0.25, 0.3) is 44.2 Å². The molecule has 14 heteroatoms. The summed E-state index contributed by atoms with van der Waals surface area (Å²) in [5.74, 6) is 2.49. The van der Waals surface area contributed by atoms with E-state index in [0.717, 1.165) is 48.1 Å². The zero-order chi connectivity index (χ0) is 44.1. The van der Waals surface area contributed by atoms with Gasteiger partial charge in [-0.3, -0.25) is 0 Å². The number of nitrogens with zero attached hydrogens (tertiary/aromatic N) is 10. The maximum Gasteiger partial charge on any atom is 0.151 e. The number of fused-ring (bicyclic) bond motifs is 2. The van der Waals surface area contributed by atoms with Crippen molar-refractivity contribution in [2.45, 2.75) is 122 Å². The Labute approximate surface area is 358 Å². The van der Waals surface area contributed by atoms with E-state index in [0.29, 0.717) is 51.3 Å². The molecule has 2 aromatic carbocycles. The van der Waals surface area contributed by atoms with Crippen LogP contribution in [0.4, 0.5) is 11.6 Å². The number of aryl methyl sites for hydroxylation is 1. The van der Waals surface area contributed by atoms with Crippen LogP contribution in [0, 0.1) is 18.3 Å². The normalized spacial score (nSPS) is 18.2. The van der Waals surface area contributed by atoms with E-state index in [9.17, 15) is 15.5 Å². The summed E-state index contributed by atoms with van der Waals surface area (Å²) in [5.41, 5.74) is 3.62. The van der Waals surface area contributed by atoms with Crippen LogP contribution in [-0.4, -0.2) is 93.9 Å². The van der Waals surface area contributed by atoms with Crippen molar-refractivity contribution in [2.75, 3.05) is 23.9 Å². The third-order valence-electron chi connectivity index (χ3n) is 11.8. The molecule has 2 saturated heterocycles. The summed E-state index contributed by atoms with van der Waals surface area (Å²) in [6.07, 6.45) is 7.43. The number of pyridine rings is 1. The van der Waals surface area contributed by atoms with E-state index in [1.54, 1.807) is 24.5 Å². The van der Waals surface area contributed by atoms with Gasteiger partial charge in [0, 0.05) is 88.7 Å². The summed E-state index contributed by atoms with van der Waals surface area (Å²) in [4.78, 5) is 17.1. The topological polar surface area (TPSA) is 185 Å². The van der Waals surface area contributed by atoms with E-state index < -0.39 is 0 Å². The number of piperidine rings is 2. The van der Waals surface area contributed by atoms with Crippen molar-refractivity contribution < 1.29 is 10.2 Å². The maximum absolute atomic E-state index is 10.6. The van der Waals surface area contributed by atoms with Gasteiger partial charge in [0.1, 0.15) is 29.1 Å². The molecule has 0 amide bonds. The number of hydrogen-bond donors (Lipinski definition) is 4. The van der Waals surface area contributed by atoms with Crippen LogP contribution in [0.3, 0.4) is 0 Å². The number of benzene rings is 2. The fourth-order valence-corrected chi connectivity index (χ4v) is 9.64. The summed E-state index contributed by atoms with van der Waals surface area (Å²) in [6.45, 7) is 19.8. The Bertz CT molecular complexity index is 2570.